The number of carbonyl (C=O) groups excluding carboxylic acids is 2. The topological polar surface area (TPSA) is 99.0 Å². The molecule has 3 rings (SSSR count). The smallest absolute Gasteiger partial charge is 0.286 e. The Morgan fingerprint density at radius 1 is 1.26 bits per heavy atom. The van der Waals surface area contributed by atoms with Crippen molar-refractivity contribution in [3.63, 3.8) is 0 Å². The maximum Gasteiger partial charge on any atom is 0.286 e. The number of nitro groups is 1. The summed E-state index contributed by atoms with van der Waals surface area (Å²) in [5.74, 6) is -0.222. The molecule has 0 N–H and O–H groups in total. The second-order valence-electron chi connectivity index (χ2n) is 7.12. The zero-order valence-electron chi connectivity index (χ0n) is 17.4. The predicted molar refractivity (Wildman–Crippen MR) is 115 cm³/mol. The number of hydrogen-bond acceptors (Lipinski definition) is 6. The number of nitro benzene ring substituents is 1. The van der Waals surface area contributed by atoms with Crippen LogP contribution in [-0.4, -0.2) is 41.8 Å². The first-order chi connectivity index (χ1) is 15.0. The fourth-order valence-electron chi connectivity index (χ4n) is 3.42. The van der Waals surface area contributed by atoms with Gasteiger partial charge >= 0.3 is 0 Å². The van der Waals surface area contributed by atoms with E-state index in [9.17, 15) is 19.7 Å². The van der Waals surface area contributed by atoms with Crippen molar-refractivity contribution in [2.24, 2.45) is 0 Å². The number of methoxy groups -OCH3 is 1. The van der Waals surface area contributed by atoms with Crippen LogP contribution in [0.3, 0.4) is 0 Å². The standard InChI is InChI=1S/C23H24N2O6/c1-3-4-10-31-22-13-20(25(28)29)19(12-21(22)30-2)23(27)24-14-17(11-18(24)15-26)16-8-6-5-7-9-16/h5-9,12-15,18H,3-4,10-11H2,1-2H3. The maximum absolute atomic E-state index is 13.3. The summed E-state index contributed by atoms with van der Waals surface area (Å²) in [5.41, 5.74) is 1.13. The molecule has 162 valence electrons. The molecule has 8 nitrogen and oxygen atoms in total. The minimum atomic E-state index is -0.742. The van der Waals surface area contributed by atoms with Gasteiger partial charge in [-0.25, -0.2) is 0 Å². The van der Waals surface area contributed by atoms with Gasteiger partial charge < -0.3 is 19.2 Å². The van der Waals surface area contributed by atoms with Crippen molar-refractivity contribution in [3.8, 4) is 11.5 Å². The summed E-state index contributed by atoms with van der Waals surface area (Å²) in [4.78, 5) is 37.3. The van der Waals surface area contributed by atoms with Crippen molar-refractivity contribution >= 4 is 23.5 Å². The summed E-state index contributed by atoms with van der Waals surface area (Å²) < 4.78 is 10.9. The Hall–Kier alpha value is -3.68. The second kappa shape index (κ2) is 9.88. The van der Waals surface area contributed by atoms with Crippen LogP contribution in [0.25, 0.3) is 5.57 Å². The molecule has 1 aliphatic heterocycles. The normalized spacial score (nSPS) is 15.4. The van der Waals surface area contributed by atoms with Gasteiger partial charge in [0.05, 0.1) is 30.7 Å². The van der Waals surface area contributed by atoms with Gasteiger partial charge in [0.15, 0.2) is 11.5 Å². The number of hydrogen-bond donors (Lipinski definition) is 0. The Kier molecular flexibility index (Phi) is 7.02. The number of rotatable bonds is 9. The van der Waals surface area contributed by atoms with Crippen LogP contribution in [0.2, 0.25) is 0 Å². The van der Waals surface area contributed by atoms with Crippen LogP contribution in [0.4, 0.5) is 5.69 Å². The Morgan fingerprint density at radius 3 is 2.61 bits per heavy atom. The average molecular weight is 424 g/mol. The molecular weight excluding hydrogens is 400 g/mol. The van der Waals surface area contributed by atoms with Crippen molar-refractivity contribution in [1.29, 1.82) is 0 Å². The van der Waals surface area contributed by atoms with Crippen LogP contribution in [0.1, 0.15) is 42.1 Å². The van der Waals surface area contributed by atoms with E-state index in [1.54, 1.807) is 6.20 Å². The molecule has 2 aromatic carbocycles. The molecule has 1 amide bonds. The largest absolute Gasteiger partial charge is 0.493 e. The molecule has 1 aliphatic rings. The highest BCUT2D eigenvalue weighted by molar-refractivity contribution is 6.02. The highest BCUT2D eigenvalue weighted by Crippen LogP contribution is 2.37. The zero-order chi connectivity index (χ0) is 22.4. The third-order valence-corrected chi connectivity index (χ3v) is 5.08. The molecule has 1 atom stereocenters. The lowest BCUT2D eigenvalue weighted by molar-refractivity contribution is -0.385. The van der Waals surface area contributed by atoms with Crippen molar-refractivity contribution in [2.45, 2.75) is 32.2 Å². The van der Waals surface area contributed by atoms with E-state index in [1.165, 1.54) is 24.1 Å². The first-order valence-electron chi connectivity index (χ1n) is 10.0. The van der Waals surface area contributed by atoms with E-state index in [1.807, 2.05) is 37.3 Å². The molecule has 0 aliphatic carbocycles. The maximum atomic E-state index is 13.3. The van der Waals surface area contributed by atoms with Crippen molar-refractivity contribution in [1.82, 2.24) is 4.90 Å². The number of carbonyl (C=O) groups is 2. The van der Waals surface area contributed by atoms with Crippen LogP contribution in [0.5, 0.6) is 11.5 Å². The van der Waals surface area contributed by atoms with Gasteiger partial charge in [-0.1, -0.05) is 43.7 Å². The molecule has 0 fully saturated rings. The molecule has 0 spiro atoms. The van der Waals surface area contributed by atoms with Crippen LogP contribution < -0.4 is 9.47 Å². The van der Waals surface area contributed by atoms with E-state index < -0.39 is 22.6 Å². The summed E-state index contributed by atoms with van der Waals surface area (Å²) in [6.45, 7) is 2.38. The summed E-state index contributed by atoms with van der Waals surface area (Å²) in [7, 11) is 1.40. The molecule has 0 radical (unpaired) electrons. The van der Waals surface area contributed by atoms with Gasteiger partial charge in [-0.2, -0.15) is 0 Å². The van der Waals surface area contributed by atoms with Crippen LogP contribution in [-0.2, 0) is 4.79 Å². The van der Waals surface area contributed by atoms with E-state index in [0.717, 1.165) is 24.0 Å². The number of ether oxygens (including phenoxy) is 2. The Bertz CT molecular complexity index is 1000. The van der Waals surface area contributed by atoms with Gasteiger partial charge in [0, 0.05) is 18.7 Å². The molecule has 0 saturated carbocycles. The van der Waals surface area contributed by atoms with Gasteiger partial charge in [-0.3, -0.25) is 14.9 Å². The van der Waals surface area contributed by atoms with Gasteiger partial charge in [-0.15, -0.1) is 0 Å². The van der Waals surface area contributed by atoms with E-state index in [4.69, 9.17) is 9.47 Å². The number of nitrogens with zero attached hydrogens (tertiary/aromatic N) is 2. The molecular formula is C23H24N2O6. The summed E-state index contributed by atoms with van der Waals surface area (Å²) in [5, 5.41) is 11.7. The number of benzene rings is 2. The summed E-state index contributed by atoms with van der Waals surface area (Å²) >= 11 is 0. The molecule has 1 unspecified atom stereocenters. The second-order valence-corrected chi connectivity index (χ2v) is 7.12. The van der Waals surface area contributed by atoms with E-state index in [0.29, 0.717) is 19.3 Å². The number of amides is 1. The van der Waals surface area contributed by atoms with Gasteiger partial charge in [0.25, 0.3) is 11.6 Å². The Morgan fingerprint density at radius 2 is 2.00 bits per heavy atom. The molecule has 31 heavy (non-hydrogen) atoms. The van der Waals surface area contributed by atoms with Gasteiger partial charge in [0.2, 0.25) is 0 Å². The highest BCUT2D eigenvalue weighted by Gasteiger charge is 2.34. The molecule has 8 heteroatoms. The average Bonchev–Trinajstić information content (AvgIpc) is 3.23. The molecule has 0 aromatic heterocycles. The van der Waals surface area contributed by atoms with Crippen molar-refractivity contribution in [2.75, 3.05) is 13.7 Å². The third kappa shape index (κ3) is 4.74. The number of aldehydes is 1. The fraction of sp³-hybridized carbons (Fsp3) is 0.304. The minimum Gasteiger partial charge on any atom is -0.493 e. The van der Waals surface area contributed by atoms with Gasteiger partial charge in [0.1, 0.15) is 11.8 Å². The molecule has 0 saturated heterocycles. The van der Waals surface area contributed by atoms with Crippen LogP contribution in [0, 0.1) is 10.1 Å². The first-order valence-corrected chi connectivity index (χ1v) is 10.0. The SMILES string of the molecule is CCCCOc1cc([N+](=O)[O-])c(C(=O)N2C=C(c3ccccc3)CC2C=O)cc1OC. The molecule has 0 bridgehead atoms. The first kappa shape index (κ1) is 22.0. The van der Waals surface area contributed by atoms with Gasteiger partial charge in [-0.05, 0) is 17.6 Å². The van der Waals surface area contributed by atoms with E-state index in [2.05, 4.69) is 0 Å². The minimum absolute atomic E-state index is 0.165. The Balaban J connectivity index is 2.00. The van der Waals surface area contributed by atoms with E-state index in [-0.39, 0.29) is 17.1 Å². The lowest BCUT2D eigenvalue weighted by Gasteiger charge is -2.20. The van der Waals surface area contributed by atoms with Crippen LogP contribution >= 0.6 is 0 Å². The zero-order valence-corrected chi connectivity index (χ0v) is 17.4. The van der Waals surface area contributed by atoms with Crippen LogP contribution in [0.15, 0.2) is 48.7 Å². The predicted octanol–water partition coefficient (Wildman–Crippen LogP) is 4.24. The number of unbranched alkanes of at least 4 members (excludes halogenated alkanes) is 1. The molecule has 1 heterocycles. The highest BCUT2D eigenvalue weighted by atomic mass is 16.6. The van der Waals surface area contributed by atoms with Crippen molar-refractivity contribution in [3.05, 3.63) is 69.9 Å². The molecule has 2 aromatic rings. The fourth-order valence-corrected chi connectivity index (χ4v) is 3.42. The monoisotopic (exact) mass is 424 g/mol. The summed E-state index contributed by atoms with van der Waals surface area (Å²) in [6, 6.07) is 11.1. The van der Waals surface area contributed by atoms with Crippen molar-refractivity contribution < 1.29 is 24.0 Å². The quantitative estimate of drug-likeness (QED) is 0.258. The van der Waals surface area contributed by atoms with E-state index >= 15 is 0 Å². The lowest BCUT2D eigenvalue weighted by Crippen LogP contribution is -2.34. The summed E-state index contributed by atoms with van der Waals surface area (Å²) in [6.07, 6.45) is 4.27. The lowest BCUT2D eigenvalue weighted by atomic mass is 10.0. The Labute approximate surface area is 180 Å². The third-order valence-electron chi connectivity index (χ3n) is 5.08.